The van der Waals surface area contributed by atoms with Crippen molar-refractivity contribution in [2.24, 2.45) is 4.99 Å². The lowest BCUT2D eigenvalue weighted by Gasteiger charge is -2.47. The Balaban J connectivity index is 1.37. The summed E-state index contributed by atoms with van der Waals surface area (Å²) in [4.78, 5) is 12.2. The van der Waals surface area contributed by atoms with E-state index in [1.807, 2.05) is 0 Å². The van der Waals surface area contributed by atoms with E-state index in [0.29, 0.717) is 6.04 Å². The van der Waals surface area contributed by atoms with E-state index in [4.69, 9.17) is 9.98 Å². The van der Waals surface area contributed by atoms with Gasteiger partial charge in [-0.25, -0.2) is 4.98 Å². The molecule has 2 fully saturated rings. The van der Waals surface area contributed by atoms with Gasteiger partial charge in [0.25, 0.3) is 0 Å². The van der Waals surface area contributed by atoms with E-state index in [1.165, 1.54) is 37.7 Å². The van der Waals surface area contributed by atoms with Crippen molar-refractivity contribution in [1.29, 1.82) is 0 Å². The Bertz CT molecular complexity index is 812. The molecule has 2 N–H and O–H groups in total. The Hall–Kier alpha value is -2.08. The van der Waals surface area contributed by atoms with Crippen molar-refractivity contribution in [2.75, 3.05) is 20.1 Å². The van der Waals surface area contributed by atoms with Crippen LogP contribution in [0.3, 0.4) is 0 Å². The van der Waals surface area contributed by atoms with Crippen molar-refractivity contribution in [3.8, 4) is 0 Å². The van der Waals surface area contributed by atoms with Crippen LogP contribution < -0.4 is 10.6 Å². The van der Waals surface area contributed by atoms with E-state index in [1.54, 1.807) is 0 Å². The summed E-state index contributed by atoms with van der Waals surface area (Å²) >= 11 is 0. The van der Waals surface area contributed by atoms with Crippen LogP contribution in [0.1, 0.15) is 50.3 Å². The fourth-order valence-electron chi connectivity index (χ4n) is 4.85. The van der Waals surface area contributed by atoms with Gasteiger partial charge in [0.05, 0.1) is 5.69 Å². The highest BCUT2D eigenvalue weighted by molar-refractivity contribution is 5.80. The van der Waals surface area contributed by atoms with Crippen LogP contribution in [0.4, 0.5) is 0 Å². The topological polar surface area (TPSA) is 57.0 Å². The molecule has 0 spiro atoms. The lowest BCUT2D eigenvalue weighted by atomic mass is 9.82. The molecule has 4 rings (SSSR count). The number of guanidine groups is 1. The van der Waals surface area contributed by atoms with Crippen molar-refractivity contribution in [2.45, 2.75) is 70.5 Å². The maximum Gasteiger partial charge on any atom is 0.191 e. The van der Waals surface area contributed by atoms with Crippen LogP contribution in [0.25, 0.3) is 5.65 Å². The van der Waals surface area contributed by atoms with Gasteiger partial charge in [-0.2, -0.15) is 0 Å². The smallest absolute Gasteiger partial charge is 0.191 e. The van der Waals surface area contributed by atoms with Gasteiger partial charge >= 0.3 is 0 Å². The largest absolute Gasteiger partial charge is 0.357 e. The Morgan fingerprint density at radius 2 is 2.07 bits per heavy atom. The summed E-state index contributed by atoms with van der Waals surface area (Å²) in [5.41, 5.74) is 3.35. The summed E-state index contributed by atoms with van der Waals surface area (Å²) < 4.78 is 2.11. The average Bonchev–Trinajstić information content (AvgIpc) is 3.07. The molecule has 2 aromatic rings. The van der Waals surface area contributed by atoms with Gasteiger partial charge < -0.3 is 19.9 Å². The molecule has 4 heterocycles. The molecule has 28 heavy (non-hydrogen) atoms. The lowest BCUT2D eigenvalue weighted by molar-refractivity contribution is 0.0526. The van der Waals surface area contributed by atoms with E-state index in [2.05, 4.69) is 65.4 Å². The molecule has 0 amide bonds. The van der Waals surface area contributed by atoms with E-state index in [0.717, 1.165) is 48.9 Å². The summed E-state index contributed by atoms with van der Waals surface area (Å²) in [5, 5.41) is 7.14. The fourth-order valence-corrected chi connectivity index (χ4v) is 4.85. The predicted octanol–water partition coefficient (Wildman–Crippen LogP) is 2.76. The molecule has 152 valence electrons. The van der Waals surface area contributed by atoms with Crippen molar-refractivity contribution in [3.63, 3.8) is 0 Å². The second kappa shape index (κ2) is 8.52. The quantitative estimate of drug-likeness (QED) is 0.617. The molecule has 2 aromatic heterocycles. The van der Waals surface area contributed by atoms with Gasteiger partial charge in [-0.15, -0.1) is 0 Å². The molecule has 2 atom stereocenters. The Labute approximate surface area is 168 Å². The van der Waals surface area contributed by atoms with Crippen LogP contribution in [0, 0.1) is 6.92 Å². The van der Waals surface area contributed by atoms with Gasteiger partial charge in [-0.3, -0.25) is 4.99 Å². The van der Waals surface area contributed by atoms with E-state index in [-0.39, 0.29) is 0 Å². The third kappa shape index (κ3) is 4.17. The third-order valence-electron chi connectivity index (χ3n) is 6.39. The monoisotopic (exact) mass is 382 g/mol. The van der Waals surface area contributed by atoms with Crippen LogP contribution in [-0.2, 0) is 6.42 Å². The molecule has 0 radical (unpaired) electrons. The minimum atomic E-state index is 0.530. The standard InChI is InChI=1S/C22H34N6/c1-4-23-22(26-18-13-19-8-5-9-20(14-18)27(19)3)24-11-10-17-15-28-12-6-7-16(2)21(28)25-17/h6-7,12,15,18-20H,4-5,8-11,13-14H2,1-3H3,(H2,23,24,26). The van der Waals surface area contributed by atoms with Gasteiger partial charge in [0, 0.05) is 50.0 Å². The maximum absolute atomic E-state index is 4.84. The van der Waals surface area contributed by atoms with Crippen molar-refractivity contribution in [3.05, 3.63) is 35.8 Å². The molecule has 6 heteroatoms. The number of hydrogen-bond donors (Lipinski definition) is 2. The molecule has 6 nitrogen and oxygen atoms in total. The van der Waals surface area contributed by atoms with Crippen molar-refractivity contribution >= 4 is 11.6 Å². The zero-order chi connectivity index (χ0) is 19.5. The van der Waals surface area contributed by atoms with E-state index in [9.17, 15) is 0 Å². The summed E-state index contributed by atoms with van der Waals surface area (Å²) in [6, 6.07) is 6.16. The number of aryl methyl sites for hydroxylation is 1. The molecular weight excluding hydrogens is 348 g/mol. The van der Waals surface area contributed by atoms with E-state index >= 15 is 0 Å². The van der Waals surface area contributed by atoms with Gasteiger partial charge in [-0.1, -0.05) is 12.5 Å². The number of aromatic nitrogens is 2. The first-order valence-electron chi connectivity index (χ1n) is 10.8. The number of nitrogens with zero attached hydrogens (tertiary/aromatic N) is 4. The molecule has 2 saturated heterocycles. The lowest BCUT2D eigenvalue weighted by Crippen LogP contribution is -2.56. The van der Waals surface area contributed by atoms with Gasteiger partial charge in [-0.05, 0) is 58.2 Å². The first-order chi connectivity index (χ1) is 13.6. The van der Waals surface area contributed by atoms with Gasteiger partial charge in [0.15, 0.2) is 5.96 Å². The van der Waals surface area contributed by atoms with Crippen LogP contribution in [-0.4, -0.2) is 58.5 Å². The highest BCUT2D eigenvalue weighted by atomic mass is 15.2. The minimum absolute atomic E-state index is 0.530. The summed E-state index contributed by atoms with van der Waals surface area (Å²) in [6.45, 7) is 5.87. The second-order valence-corrected chi connectivity index (χ2v) is 8.38. The number of fused-ring (bicyclic) bond motifs is 3. The fraction of sp³-hybridized carbons (Fsp3) is 0.636. The highest BCUT2D eigenvalue weighted by Crippen LogP contribution is 2.32. The number of imidazole rings is 1. The molecule has 0 aromatic carbocycles. The molecule has 0 saturated carbocycles. The van der Waals surface area contributed by atoms with E-state index < -0.39 is 0 Å². The zero-order valence-corrected chi connectivity index (χ0v) is 17.5. The number of aliphatic imine (C=N–C) groups is 1. The first-order valence-corrected chi connectivity index (χ1v) is 10.8. The minimum Gasteiger partial charge on any atom is -0.357 e. The number of nitrogens with one attached hydrogen (secondary N) is 2. The predicted molar refractivity (Wildman–Crippen MR) is 115 cm³/mol. The molecular formula is C22H34N6. The second-order valence-electron chi connectivity index (χ2n) is 8.38. The highest BCUT2D eigenvalue weighted by Gasteiger charge is 2.36. The van der Waals surface area contributed by atoms with Crippen LogP contribution >= 0.6 is 0 Å². The molecule has 2 aliphatic heterocycles. The zero-order valence-electron chi connectivity index (χ0n) is 17.5. The Morgan fingerprint density at radius 3 is 2.79 bits per heavy atom. The van der Waals surface area contributed by atoms with Crippen molar-refractivity contribution in [1.82, 2.24) is 24.9 Å². The average molecular weight is 383 g/mol. The first kappa shape index (κ1) is 19.2. The van der Waals surface area contributed by atoms with Crippen LogP contribution in [0.2, 0.25) is 0 Å². The number of pyridine rings is 1. The Kier molecular flexibility index (Phi) is 5.85. The maximum atomic E-state index is 4.84. The molecule has 0 aliphatic carbocycles. The molecule has 2 unspecified atom stereocenters. The van der Waals surface area contributed by atoms with Crippen LogP contribution in [0.5, 0.6) is 0 Å². The number of hydrogen-bond acceptors (Lipinski definition) is 3. The normalized spacial score (nSPS) is 25.8. The van der Waals surface area contributed by atoms with Gasteiger partial charge in [0.1, 0.15) is 5.65 Å². The van der Waals surface area contributed by atoms with Crippen LogP contribution in [0.15, 0.2) is 29.5 Å². The summed E-state index contributed by atoms with van der Waals surface area (Å²) in [5.74, 6) is 0.954. The third-order valence-corrected chi connectivity index (χ3v) is 6.39. The number of rotatable bonds is 5. The summed E-state index contributed by atoms with van der Waals surface area (Å²) in [7, 11) is 2.31. The summed E-state index contributed by atoms with van der Waals surface area (Å²) in [6.07, 6.45) is 11.6. The SMILES string of the molecule is CCNC(=NCCc1cn2cccc(C)c2n1)NC1CC2CCCC(C1)N2C. The molecule has 2 bridgehead atoms. The Morgan fingerprint density at radius 1 is 1.29 bits per heavy atom. The van der Waals surface area contributed by atoms with Gasteiger partial charge in [0.2, 0.25) is 0 Å². The van der Waals surface area contributed by atoms with Crippen molar-refractivity contribution < 1.29 is 0 Å². The number of piperidine rings is 2. The molecule has 2 aliphatic rings.